The number of fused-ring (bicyclic) bond motifs is 1. The van der Waals surface area contributed by atoms with Crippen molar-refractivity contribution in [3.8, 4) is 5.75 Å². The molecule has 20 heavy (non-hydrogen) atoms. The SMILES string of the molecule is CCOc1ccc2nc(C3(CN)CCCCC3)sc2c1. The van der Waals surface area contributed by atoms with Gasteiger partial charge < -0.3 is 10.5 Å². The van der Waals surface area contributed by atoms with Gasteiger partial charge in [0.05, 0.1) is 16.8 Å². The normalized spacial score (nSPS) is 18.3. The molecule has 0 aliphatic heterocycles. The summed E-state index contributed by atoms with van der Waals surface area (Å²) >= 11 is 1.80. The molecular formula is C16H22N2OS. The minimum absolute atomic E-state index is 0.119. The van der Waals surface area contributed by atoms with Crippen molar-refractivity contribution in [1.82, 2.24) is 4.98 Å². The van der Waals surface area contributed by atoms with Crippen LogP contribution in [0.5, 0.6) is 5.75 Å². The lowest BCUT2D eigenvalue weighted by Gasteiger charge is -2.34. The lowest BCUT2D eigenvalue weighted by molar-refractivity contribution is 0.300. The maximum absolute atomic E-state index is 6.11. The topological polar surface area (TPSA) is 48.1 Å². The van der Waals surface area contributed by atoms with Crippen molar-refractivity contribution in [3.63, 3.8) is 0 Å². The number of nitrogens with two attached hydrogens (primary N) is 1. The molecule has 4 heteroatoms. The summed E-state index contributed by atoms with van der Waals surface area (Å²) < 4.78 is 6.79. The summed E-state index contributed by atoms with van der Waals surface area (Å²) in [4.78, 5) is 4.86. The molecule has 0 spiro atoms. The minimum Gasteiger partial charge on any atom is -0.494 e. The van der Waals surface area contributed by atoms with Crippen LogP contribution in [0.25, 0.3) is 10.2 Å². The third kappa shape index (κ3) is 2.42. The number of aromatic nitrogens is 1. The predicted octanol–water partition coefficient (Wildman–Crippen LogP) is 3.86. The molecule has 0 atom stereocenters. The monoisotopic (exact) mass is 290 g/mol. The molecule has 1 heterocycles. The molecule has 1 aliphatic rings. The maximum Gasteiger partial charge on any atom is 0.120 e. The van der Waals surface area contributed by atoms with Gasteiger partial charge in [-0.2, -0.15) is 0 Å². The third-order valence-electron chi connectivity index (χ3n) is 4.33. The van der Waals surface area contributed by atoms with Gasteiger partial charge in [-0.25, -0.2) is 4.98 Å². The lowest BCUT2D eigenvalue weighted by atomic mass is 9.74. The molecule has 0 radical (unpaired) electrons. The van der Waals surface area contributed by atoms with Gasteiger partial charge in [0.1, 0.15) is 10.8 Å². The van der Waals surface area contributed by atoms with E-state index in [9.17, 15) is 0 Å². The smallest absolute Gasteiger partial charge is 0.120 e. The van der Waals surface area contributed by atoms with E-state index in [0.717, 1.165) is 11.3 Å². The first kappa shape index (κ1) is 13.8. The fourth-order valence-electron chi connectivity index (χ4n) is 3.12. The summed E-state index contributed by atoms with van der Waals surface area (Å²) in [6.45, 7) is 3.42. The van der Waals surface area contributed by atoms with E-state index in [0.29, 0.717) is 13.2 Å². The zero-order valence-electron chi connectivity index (χ0n) is 12.0. The molecule has 1 fully saturated rings. The Morgan fingerprint density at radius 2 is 2.10 bits per heavy atom. The summed E-state index contributed by atoms with van der Waals surface area (Å²) in [6.07, 6.45) is 6.25. The number of benzene rings is 1. The van der Waals surface area contributed by atoms with Crippen molar-refractivity contribution in [3.05, 3.63) is 23.2 Å². The summed E-state index contributed by atoms with van der Waals surface area (Å²) in [6, 6.07) is 6.17. The van der Waals surface area contributed by atoms with Crippen molar-refractivity contribution in [2.75, 3.05) is 13.2 Å². The van der Waals surface area contributed by atoms with E-state index in [1.807, 2.05) is 13.0 Å². The van der Waals surface area contributed by atoms with E-state index < -0.39 is 0 Å². The second-order valence-electron chi connectivity index (χ2n) is 5.63. The number of thiazole rings is 1. The average Bonchev–Trinajstić information content (AvgIpc) is 2.92. The molecule has 108 valence electrons. The Bertz CT molecular complexity index is 587. The van der Waals surface area contributed by atoms with Gasteiger partial charge >= 0.3 is 0 Å². The third-order valence-corrected chi connectivity index (χ3v) is 5.59. The molecule has 3 nitrogen and oxygen atoms in total. The molecule has 0 amide bonds. The van der Waals surface area contributed by atoms with Crippen molar-refractivity contribution in [2.24, 2.45) is 5.73 Å². The van der Waals surface area contributed by atoms with Crippen LogP contribution in [0.1, 0.15) is 44.0 Å². The van der Waals surface area contributed by atoms with Gasteiger partial charge in [0.15, 0.2) is 0 Å². The highest BCUT2D eigenvalue weighted by Crippen LogP contribution is 2.42. The zero-order chi connectivity index (χ0) is 14.0. The molecule has 1 aromatic heterocycles. The highest BCUT2D eigenvalue weighted by atomic mass is 32.1. The van der Waals surface area contributed by atoms with Crippen LogP contribution in [0, 0.1) is 0 Å². The van der Waals surface area contributed by atoms with Crippen LogP contribution in [0.3, 0.4) is 0 Å². The largest absolute Gasteiger partial charge is 0.494 e. The minimum atomic E-state index is 0.119. The van der Waals surface area contributed by atoms with Crippen LogP contribution in [0.15, 0.2) is 18.2 Å². The molecule has 1 saturated carbocycles. The molecule has 1 aromatic carbocycles. The van der Waals surface area contributed by atoms with Crippen LogP contribution in [-0.4, -0.2) is 18.1 Å². The second-order valence-corrected chi connectivity index (χ2v) is 6.66. The first-order chi connectivity index (χ1) is 9.77. The van der Waals surface area contributed by atoms with E-state index >= 15 is 0 Å². The molecule has 1 aliphatic carbocycles. The van der Waals surface area contributed by atoms with Gasteiger partial charge in [0, 0.05) is 12.0 Å². The summed E-state index contributed by atoms with van der Waals surface area (Å²) in [5.41, 5.74) is 7.31. The Kier molecular flexibility index (Phi) is 3.94. The van der Waals surface area contributed by atoms with Crippen LogP contribution in [-0.2, 0) is 5.41 Å². The summed E-state index contributed by atoms with van der Waals surface area (Å²) in [7, 11) is 0. The lowest BCUT2D eigenvalue weighted by Crippen LogP contribution is -2.36. The van der Waals surface area contributed by atoms with Crippen LogP contribution in [0.4, 0.5) is 0 Å². The number of rotatable bonds is 4. The predicted molar refractivity (Wildman–Crippen MR) is 84.6 cm³/mol. The van der Waals surface area contributed by atoms with Crippen LogP contribution < -0.4 is 10.5 Å². The molecule has 2 aromatic rings. The Morgan fingerprint density at radius 3 is 2.80 bits per heavy atom. The first-order valence-corrected chi connectivity index (χ1v) is 8.33. The van der Waals surface area contributed by atoms with Gasteiger partial charge in [-0.3, -0.25) is 0 Å². The van der Waals surface area contributed by atoms with Crippen molar-refractivity contribution in [1.29, 1.82) is 0 Å². The van der Waals surface area contributed by atoms with E-state index in [1.54, 1.807) is 11.3 Å². The Hall–Kier alpha value is -1.13. The average molecular weight is 290 g/mol. The van der Waals surface area contributed by atoms with E-state index in [-0.39, 0.29) is 5.41 Å². The van der Waals surface area contributed by atoms with E-state index in [4.69, 9.17) is 15.5 Å². The Morgan fingerprint density at radius 1 is 1.30 bits per heavy atom. The van der Waals surface area contributed by atoms with Gasteiger partial charge in [-0.15, -0.1) is 11.3 Å². The van der Waals surface area contributed by atoms with E-state index in [2.05, 4.69) is 12.1 Å². The van der Waals surface area contributed by atoms with Crippen molar-refractivity contribution < 1.29 is 4.74 Å². The fraction of sp³-hybridized carbons (Fsp3) is 0.562. The van der Waals surface area contributed by atoms with E-state index in [1.165, 1.54) is 41.8 Å². The number of ether oxygens (including phenoxy) is 1. The number of nitrogens with zero attached hydrogens (tertiary/aromatic N) is 1. The van der Waals surface area contributed by atoms with Gasteiger partial charge in [0.2, 0.25) is 0 Å². The number of hydrogen-bond acceptors (Lipinski definition) is 4. The Labute approximate surface area is 124 Å². The summed E-state index contributed by atoms with van der Waals surface area (Å²) in [5, 5.41) is 1.23. The van der Waals surface area contributed by atoms with Crippen molar-refractivity contribution >= 4 is 21.6 Å². The highest BCUT2D eigenvalue weighted by Gasteiger charge is 2.35. The van der Waals surface area contributed by atoms with Gasteiger partial charge in [0.25, 0.3) is 0 Å². The maximum atomic E-state index is 6.11. The van der Waals surface area contributed by atoms with Crippen LogP contribution >= 0.6 is 11.3 Å². The molecule has 3 rings (SSSR count). The molecule has 2 N–H and O–H groups in total. The molecule has 0 unspecified atom stereocenters. The van der Waals surface area contributed by atoms with Gasteiger partial charge in [-0.1, -0.05) is 19.3 Å². The molecular weight excluding hydrogens is 268 g/mol. The summed E-state index contributed by atoms with van der Waals surface area (Å²) in [5.74, 6) is 0.931. The zero-order valence-corrected chi connectivity index (χ0v) is 12.8. The second kappa shape index (κ2) is 5.70. The molecule has 0 bridgehead atoms. The van der Waals surface area contributed by atoms with Gasteiger partial charge in [-0.05, 0) is 38.0 Å². The standard InChI is InChI=1S/C16H22N2OS/c1-2-19-12-6-7-13-14(10-12)20-15(18-13)16(11-17)8-4-3-5-9-16/h6-7,10H,2-5,8-9,11,17H2,1H3. The van der Waals surface area contributed by atoms with Crippen molar-refractivity contribution in [2.45, 2.75) is 44.4 Å². The van der Waals surface area contributed by atoms with Crippen LogP contribution in [0.2, 0.25) is 0 Å². The first-order valence-electron chi connectivity index (χ1n) is 7.51. The molecule has 0 saturated heterocycles. The Balaban J connectivity index is 1.98. The number of hydrogen-bond donors (Lipinski definition) is 1. The highest BCUT2D eigenvalue weighted by molar-refractivity contribution is 7.18. The quantitative estimate of drug-likeness (QED) is 0.930. The fourth-order valence-corrected chi connectivity index (χ4v) is 4.37.